The van der Waals surface area contributed by atoms with Crippen LogP contribution in [0.4, 0.5) is 0 Å². The van der Waals surface area contributed by atoms with E-state index in [1.165, 1.54) is 27.5 Å². The average molecular weight is 282 g/mol. The van der Waals surface area contributed by atoms with E-state index in [-0.39, 0.29) is 0 Å². The molecule has 0 bridgehead atoms. The number of rotatable bonds is 3. The van der Waals surface area contributed by atoms with Gasteiger partial charge in [-0.1, -0.05) is 43.3 Å². The third kappa shape index (κ3) is 3.06. The van der Waals surface area contributed by atoms with Crippen LogP contribution in [0.25, 0.3) is 10.8 Å². The van der Waals surface area contributed by atoms with E-state index in [2.05, 4.69) is 43.8 Å². The summed E-state index contributed by atoms with van der Waals surface area (Å²) in [6.45, 7) is 6.05. The Morgan fingerprint density at radius 2 is 1.90 bits per heavy atom. The molecule has 0 fully saturated rings. The molecule has 1 N–H and O–H groups in total. The van der Waals surface area contributed by atoms with E-state index >= 15 is 0 Å². The monoisotopic (exact) mass is 282 g/mol. The van der Waals surface area contributed by atoms with E-state index in [1.807, 2.05) is 6.08 Å². The normalized spacial score (nSPS) is 14.3. The van der Waals surface area contributed by atoms with Gasteiger partial charge in [-0.2, -0.15) is 0 Å². The third-order valence-corrected chi connectivity index (χ3v) is 4.04. The van der Waals surface area contributed by atoms with Gasteiger partial charge in [0.1, 0.15) is 5.78 Å². The molecule has 0 spiro atoms. The number of hydrogen-bond donors (Lipinski definition) is 1. The molecule has 1 aliphatic rings. The number of hydrogen-bond acceptors (Lipinski definition) is 2. The molecule has 110 valence electrons. The van der Waals surface area contributed by atoms with Crippen LogP contribution in [0.15, 0.2) is 43.0 Å². The Morgan fingerprint density at radius 3 is 2.57 bits per heavy atom. The third-order valence-electron chi connectivity index (χ3n) is 4.04. The fraction of sp³-hybridized carbons (Fsp3) is 0.316. The summed E-state index contributed by atoms with van der Waals surface area (Å²) in [6.07, 6.45) is 4.20. The van der Waals surface area contributed by atoms with Crippen molar-refractivity contribution in [2.45, 2.75) is 26.2 Å². The SMILES string of the molecule is C=CC(C)Cc1cc2c(c3ccccc13)CC(=O)C2.CO. The molecule has 3 rings (SSSR count). The number of aliphatic hydroxyl groups is 1. The highest BCUT2D eigenvalue weighted by molar-refractivity contribution is 5.98. The second kappa shape index (κ2) is 6.68. The number of Topliss-reactive ketones (excluding diaryl/α,β-unsaturated/α-hetero) is 1. The molecule has 0 saturated carbocycles. The van der Waals surface area contributed by atoms with Crippen LogP contribution in [0, 0.1) is 5.92 Å². The second-order valence-corrected chi connectivity index (χ2v) is 5.53. The van der Waals surface area contributed by atoms with Gasteiger partial charge in [0.25, 0.3) is 0 Å². The van der Waals surface area contributed by atoms with Gasteiger partial charge in [-0.3, -0.25) is 4.79 Å². The summed E-state index contributed by atoms with van der Waals surface area (Å²) in [5, 5.41) is 9.56. The number of aliphatic hydroxyl groups excluding tert-OH is 1. The summed E-state index contributed by atoms with van der Waals surface area (Å²) < 4.78 is 0. The Hall–Kier alpha value is -1.93. The van der Waals surface area contributed by atoms with E-state index < -0.39 is 0 Å². The van der Waals surface area contributed by atoms with Crippen molar-refractivity contribution in [3.05, 3.63) is 59.7 Å². The van der Waals surface area contributed by atoms with Gasteiger partial charge in [0.05, 0.1) is 0 Å². The molecular weight excluding hydrogens is 260 g/mol. The van der Waals surface area contributed by atoms with E-state index in [9.17, 15) is 4.79 Å². The van der Waals surface area contributed by atoms with Gasteiger partial charge in [0.2, 0.25) is 0 Å². The van der Waals surface area contributed by atoms with Gasteiger partial charge >= 0.3 is 0 Å². The number of carbonyl (C=O) groups excluding carboxylic acids is 1. The second-order valence-electron chi connectivity index (χ2n) is 5.53. The van der Waals surface area contributed by atoms with E-state index in [4.69, 9.17) is 5.11 Å². The maximum atomic E-state index is 11.7. The van der Waals surface area contributed by atoms with Crippen LogP contribution >= 0.6 is 0 Å². The number of ketones is 1. The minimum atomic E-state index is 0.342. The van der Waals surface area contributed by atoms with Crippen LogP contribution in [0.2, 0.25) is 0 Å². The highest BCUT2D eigenvalue weighted by Gasteiger charge is 2.22. The molecule has 1 unspecified atom stereocenters. The van der Waals surface area contributed by atoms with Crippen LogP contribution < -0.4 is 0 Å². The van der Waals surface area contributed by atoms with E-state index in [0.29, 0.717) is 24.5 Å². The Kier molecular flexibility index (Phi) is 4.92. The molecule has 2 aromatic rings. The van der Waals surface area contributed by atoms with Gasteiger partial charge in [-0.05, 0) is 39.8 Å². The van der Waals surface area contributed by atoms with Gasteiger partial charge in [0.15, 0.2) is 0 Å². The van der Waals surface area contributed by atoms with Crippen molar-refractivity contribution in [3.63, 3.8) is 0 Å². The molecule has 21 heavy (non-hydrogen) atoms. The minimum absolute atomic E-state index is 0.342. The van der Waals surface area contributed by atoms with Crippen molar-refractivity contribution in [2.24, 2.45) is 5.92 Å². The Balaban J connectivity index is 0.000000774. The molecule has 0 radical (unpaired) electrons. The molecule has 0 saturated heterocycles. The zero-order chi connectivity index (χ0) is 15.4. The van der Waals surface area contributed by atoms with Crippen molar-refractivity contribution in [2.75, 3.05) is 7.11 Å². The summed E-state index contributed by atoms with van der Waals surface area (Å²) >= 11 is 0. The molecule has 0 aromatic heterocycles. The standard InChI is InChI=1S/C18H18O.CH4O/c1-3-12(2)8-13-9-14-10-15(19)11-18(14)17-7-5-4-6-16(13)17;1-2/h3-7,9,12H,1,8,10-11H2,2H3;2H,1H3. The Labute approximate surface area is 126 Å². The summed E-state index contributed by atoms with van der Waals surface area (Å²) in [7, 11) is 1.00. The van der Waals surface area contributed by atoms with Crippen LogP contribution in [0.1, 0.15) is 23.6 Å². The van der Waals surface area contributed by atoms with Crippen LogP contribution in [-0.2, 0) is 24.1 Å². The fourth-order valence-corrected chi connectivity index (χ4v) is 3.01. The lowest BCUT2D eigenvalue weighted by molar-refractivity contribution is -0.117. The molecule has 0 aliphatic heterocycles. The summed E-state index contributed by atoms with van der Waals surface area (Å²) in [5.74, 6) is 0.799. The lowest BCUT2D eigenvalue weighted by Crippen LogP contribution is -1.99. The first-order valence-electron chi connectivity index (χ1n) is 7.30. The molecule has 2 heteroatoms. The number of fused-ring (bicyclic) bond motifs is 3. The summed E-state index contributed by atoms with van der Waals surface area (Å²) in [4.78, 5) is 11.7. The van der Waals surface area contributed by atoms with Crippen molar-refractivity contribution >= 4 is 16.6 Å². The molecule has 2 nitrogen and oxygen atoms in total. The maximum absolute atomic E-state index is 11.7. The quantitative estimate of drug-likeness (QED) is 0.875. The molecule has 2 aromatic carbocycles. The molecule has 1 atom stereocenters. The zero-order valence-electron chi connectivity index (χ0n) is 12.7. The first-order chi connectivity index (χ1) is 10.2. The average Bonchev–Trinajstić information content (AvgIpc) is 2.90. The number of benzene rings is 2. The Bertz CT molecular complexity index is 671. The smallest absolute Gasteiger partial charge is 0.141 e. The van der Waals surface area contributed by atoms with Gasteiger partial charge in [0, 0.05) is 20.0 Å². The zero-order valence-corrected chi connectivity index (χ0v) is 12.7. The first kappa shape index (κ1) is 15.5. The van der Waals surface area contributed by atoms with Gasteiger partial charge in [-0.15, -0.1) is 6.58 Å². The minimum Gasteiger partial charge on any atom is -0.400 e. The van der Waals surface area contributed by atoms with Crippen molar-refractivity contribution in [3.8, 4) is 0 Å². The van der Waals surface area contributed by atoms with Gasteiger partial charge < -0.3 is 5.11 Å². The van der Waals surface area contributed by atoms with Crippen molar-refractivity contribution < 1.29 is 9.90 Å². The first-order valence-corrected chi connectivity index (χ1v) is 7.30. The van der Waals surface area contributed by atoms with E-state index in [1.54, 1.807) is 0 Å². The largest absolute Gasteiger partial charge is 0.400 e. The number of carbonyl (C=O) groups is 1. The number of allylic oxidation sites excluding steroid dienone is 1. The molecule has 0 heterocycles. The summed E-state index contributed by atoms with van der Waals surface area (Å²) in [6, 6.07) is 10.7. The van der Waals surface area contributed by atoms with E-state index in [0.717, 1.165) is 13.5 Å². The summed E-state index contributed by atoms with van der Waals surface area (Å²) in [5.41, 5.74) is 3.82. The lowest BCUT2D eigenvalue weighted by Gasteiger charge is -2.13. The lowest BCUT2D eigenvalue weighted by atomic mass is 9.91. The molecule has 0 amide bonds. The van der Waals surface area contributed by atoms with Gasteiger partial charge in [-0.25, -0.2) is 0 Å². The van der Waals surface area contributed by atoms with Crippen LogP contribution in [0.5, 0.6) is 0 Å². The fourth-order valence-electron chi connectivity index (χ4n) is 3.01. The predicted molar refractivity (Wildman–Crippen MR) is 87.6 cm³/mol. The van der Waals surface area contributed by atoms with Crippen LogP contribution in [-0.4, -0.2) is 18.0 Å². The molecular formula is C19H22O2. The highest BCUT2D eigenvalue weighted by Crippen LogP contribution is 2.32. The maximum Gasteiger partial charge on any atom is 0.141 e. The Morgan fingerprint density at radius 1 is 1.24 bits per heavy atom. The van der Waals surface area contributed by atoms with Crippen molar-refractivity contribution in [1.29, 1.82) is 0 Å². The predicted octanol–water partition coefficient (Wildman–Crippen LogP) is 3.48. The highest BCUT2D eigenvalue weighted by atomic mass is 16.2. The van der Waals surface area contributed by atoms with Crippen molar-refractivity contribution in [1.82, 2.24) is 0 Å². The topological polar surface area (TPSA) is 37.3 Å². The van der Waals surface area contributed by atoms with Crippen LogP contribution in [0.3, 0.4) is 0 Å². The molecule has 1 aliphatic carbocycles.